The average molecular weight is 247 g/mol. The molecule has 0 radical (unpaired) electrons. The van der Waals surface area contributed by atoms with Crippen LogP contribution in [0.1, 0.15) is 18.1 Å². The molecule has 2 aromatic carbocycles. The van der Waals surface area contributed by atoms with Gasteiger partial charge < -0.3 is 4.74 Å². The highest BCUT2D eigenvalue weighted by atomic mass is 35.5. The van der Waals surface area contributed by atoms with Crippen LogP contribution in [0.3, 0.4) is 0 Å². The number of hydrogen-bond acceptors (Lipinski definition) is 1. The third-order valence-corrected chi connectivity index (χ3v) is 2.77. The Bertz CT molecular complexity index is 477. The lowest BCUT2D eigenvalue weighted by Crippen LogP contribution is -1.92. The Morgan fingerprint density at radius 2 is 1.76 bits per heavy atom. The van der Waals surface area contributed by atoms with E-state index in [1.807, 2.05) is 37.3 Å². The first kappa shape index (κ1) is 12.0. The zero-order valence-corrected chi connectivity index (χ0v) is 10.6. The molecule has 2 rings (SSSR count). The van der Waals surface area contributed by atoms with E-state index in [0.29, 0.717) is 6.61 Å². The van der Waals surface area contributed by atoms with Crippen molar-refractivity contribution >= 4 is 11.6 Å². The van der Waals surface area contributed by atoms with Gasteiger partial charge in [0.15, 0.2) is 0 Å². The largest absolute Gasteiger partial charge is 0.494 e. The van der Waals surface area contributed by atoms with E-state index >= 15 is 0 Å². The topological polar surface area (TPSA) is 9.23 Å². The fraction of sp³-hybridized carbons (Fsp3) is 0.200. The third-order valence-electron chi connectivity index (χ3n) is 2.53. The quantitative estimate of drug-likeness (QED) is 0.780. The van der Waals surface area contributed by atoms with Crippen molar-refractivity contribution in [3.63, 3.8) is 0 Å². The van der Waals surface area contributed by atoms with Crippen LogP contribution in [0.4, 0.5) is 0 Å². The van der Waals surface area contributed by atoms with E-state index in [1.165, 1.54) is 11.1 Å². The summed E-state index contributed by atoms with van der Waals surface area (Å²) in [5, 5.41) is 0.786. The van der Waals surface area contributed by atoms with E-state index in [4.69, 9.17) is 16.3 Å². The van der Waals surface area contributed by atoms with Crippen LogP contribution >= 0.6 is 11.6 Å². The maximum absolute atomic E-state index is 5.96. The molecule has 0 atom stereocenters. The van der Waals surface area contributed by atoms with E-state index in [-0.39, 0.29) is 0 Å². The number of ether oxygens (including phenoxy) is 1. The van der Waals surface area contributed by atoms with Crippen LogP contribution in [0.5, 0.6) is 5.75 Å². The lowest BCUT2D eigenvalue weighted by Gasteiger charge is -2.05. The molecular weight excluding hydrogens is 232 g/mol. The van der Waals surface area contributed by atoms with Gasteiger partial charge in [0.05, 0.1) is 6.61 Å². The summed E-state index contributed by atoms with van der Waals surface area (Å²) >= 11 is 5.96. The first-order valence-electron chi connectivity index (χ1n) is 5.74. The zero-order valence-electron chi connectivity index (χ0n) is 9.82. The number of rotatable bonds is 4. The van der Waals surface area contributed by atoms with Crippen LogP contribution in [-0.2, 0) is 6.42 Å². The molecule has 0 saturated heterocycles. The van der Waals surface area contributed by atoms with Gasteiger partial charge in [-0.2, -0.15) is 0 Å². The summed E-state index contributed by atoms with van der Waals surface area (Å²) in [6, 6.07) is 16.1. The highest BCUT2D eigenvalue weighted by Gasteiger charge is 1.98. The summed E-state index contributed by atoms with van der Waals surface area (Å²) in [7, 11) is 0. The van der Waals surface area contributed by atoms with Crippen LogP contribution < -0.4 is 4.74 Å². The maximum atomic E-state index is 5.96. The van der Waals surface area contributed by atoms with Crippen molar-refractivity contribution < 1.29 is 4.74 Å². The second-order valence-corrected chi connectivity index (χ2v) is 4.32. The molecule has 0 N–H and O–H groups in total. The fourth-order valence-corrected chi connectivity index (χ4v) is 1.97. The molecule has 2 heteroatoms. The Labute approximate surface area is 107 Å². The molecule has 0 aliphatic carbocycles. The number of benzene rings is 2. The summed E-state index contributed by atoms with van der Waals surface area (Å²) < 4.78 is 5.41. The van der Waals surface area contributed by atoms with Crippen LogP contribution in [-0.4, -0.2) is 6.61 Å². The number of hydrogen-bond donors (Lipinski definition) is 0. The SMILES string of the molecule is CCOc1ccc(Cc2cccc(Cl)c2)cc1. The highest BCUT2D eigenvalue weighted by Crippen LogP contribution is 2.17. The minimum atomic E-state index is 0.702. The van der Waals surface area contributed by atoms with Crippen molar-refractivity contribution in [3.8, 4) is 5.75 Å². The van der Waals surface area contributed by atoms with E-state index < -0.39 is 0 Å². The minimum Gasteiger partial charge on any atom is -0.494 e. The monoisotopic (exact) mass is 246 g/mol. The summed E-state index contributed by atoms with van der Waals surface area (Å²) in [5.41, 5.74) is 2.48. The van der Waals surface area contributed by atoms with Gasteiger partial charge in [-0.3, -0.25) is 0 Å². The van der Waals surface area contributed by atoms with Gasteiger partial charge in [0.2, 0.25) is 0 Å². The Hall–Kier alpha value is -1.47. The second kappa shape index (κ2) is 5.74. The first-order chi connectivity index (χ1) is 8.28. The molecule has 1 nitrogen and oxygen atoms in total. The van der Waals surface area contributed by atoms with Crippen molar-refractivity contribution in [2.24, 2.45) is 0 Å². The van der Waals surface area contributed by atoms with Crippen molar-refractivity contribution in [3.05, 3.63) is 64.7 Å². The molecule has 0 heterocycles. The Morgan fingerprint density at radius 1 is 1.00 bits per heavy atom. The van der Waals surface area contributed by atoms with Crippen LogP contribution in [0.25, 0.3) is 0 Å². The van der Waals surface area contributed by atoms with E-state index in [9.17, 15) is 0 Å². The molecule has 17 heavy (non-hydrogen) atoms. The van der Waals surface area contributed by atoms with Gasteiger partial charge in [-0.1, -0.05) is 35.9 Å². The van der Waals surface area contributed by atoms with Gasteiger partial charge in [-0.25, -0.2) is 0 Å². The van der Waals surface area contributed by atoms with Crippen molar-refractivity contribution in [2.45, 2.75) is 13.3 Å². The van der Waals surface area contributed by atoms with Gasteiger partial charge in [0.1, 0.15) is 5.75 Å². The number of halogens is 1. The summed E-state index contributed by atoms with van der Waals surface area (Å²) in [5.74, 6) is 0.919. The molecule has 0 unspecified atom stereocenters. The summed E-state index contributed by atoms with van der Waals surface area (Å²) in [6.07, 6.45) is 0.896. The van der Waals surface area contributed by atoms with Gasteiger partial charge in [-0.15, -0.1) is 0 Å². The van der Waals surface area contributed by atoms with Gasteiger partial charge in [0.25, 0.3) is 0 Å². The normalized spacial score (nSPS) is 10.2. The Morgan fingerprint density at radius 3 is 2.41 bits per heavy atom. The molecule has 0 spiro atoms. The molecule has 0 aliphatic heterocycles. The fourth-order valence-electron chi connectivity index (χ4n) is 1.75. The average Bonchev–Trinajstić information content (AvgIpc) is 2.32. The molecule has 0 aliphatic rings. The van der Waals surface area contributed by atoms with Crippen LogP contribution in [0.15, 0.2) is 48.5 Å². The molecule has 2 aromatic rings. The lowest BCUT2D eigenvalue weighted by atomic mass is 10.1. The molecule has 0 bridgehead atoms. The molecule has 0 aromatic heterocycles. The molecule has 0 fully saturated rings. The van der Waals surface area contributed by atoms with E-state index in [2.05, 4.69) is 18.2 Å². The third kappa shape index (κ3) is 3.50. The Balaban J connectivity index is 2.08. The molecular formula is C15H15ClO. The minimum absolute atomic E-state index is 0.702. The molecule has 88 valence electrons. The van der Waals surface area contributed by atoms with Gasteiger partial charge in [0, 0.05) is 5.02 Å². The van der Waals surface area contributed by atoms with Crippen molar-refractivity contribution in [1.29, 1.82) is 0 Å². The highest BCUT2D eigenvalue weighted by molar-refractivity contribution is 6.30. The van der Waals surface area contributed by atoms with Gasteiger partial charge >= 0.3 is 0 Å². The predicted octanol–water partition coefficient (Wildman–Crippen LogP) is 4.33. The smallest absolute Gasteiger partial charge is 0.119 e. The van der Waals surface area contributed by atoms with E-state index in [1.54, 1.807) is 0 Å². The summed E-state index contributed by atoms with van der Waals surface area (Å²) in [4.78, 5) is 0. The van der Waals surface area contributed by atoms with Crippen LogP contribution in [0.2, 0.25) is 5.02 Å². The maximum Gasteiger partial charge on any atom is 0.119 e. The lowest BCUT2D eigenvalue weighted by molar-refractivity contribution is 0.340. The standard InChI is InChI=1S/C15H15ClO/c1-2-17-15-8-6-12(7-9-15)10-13-4-3-5-14(16)11-13/h3-9,11H,2,10H2,1H3. The van der Waals surface area contributed by atoms with Crippen molar-refractivity contribution in [1.82, 2.24) is 0 Å². The van der Waals surface area contributed by atoms with Crippen molar-refractivity contribution in [2.75, 3.05) is 6.61 Å². The van der Waals surface area contributed by atoms with E-state index in [0.717, 1.165) is 17.2 Å². The zero-order chi connectivity index (χ0) is 12.1. The Kier molecular flexibility index (Phi) is 4.05. The second-order valence-electron chi connectivity index (χ2n) is 3.88. The van der Waals surface area contributed by atoms with Crippen LogP contribution in [0, 0.1) is 0 Å². The predicted molar refractivity (Wildman–Crippen MR) is 71.9 cm³/mol. The summed E-state index contributed by atoms with van der Waals surface area (Å²) in [6.45, 7) is 2.69. The first-order valence-corrected chi connectivity index (χ1v) is 6.12. The molecule has 0 saturated carbocycles. The van der Waals surface area contributed by atoms with Gasteiger partial charge in [-0.05, 0) is 48.7 Å². The molecule has 0 amide bonds.